The molecule has 3 aromatic carbocycles. The summed E-state index contributed by atoms with van der Waals surface area (Å²) in [6.07, 6.45) is 1.04. The van der Waals surface area contributed by atoms with Crippen molar-refractivity contribution in [2.45, 2.75) is 20.3 Å². The number of hydrogen-bond acceptors (Lipinski definition) is 1. The molecule has 0 radical (unpaired) electrons. The minimum Gasteiger partial charge on any atom is -0.248 e. The highest BCUT2D eigenvalue weighted by Gasteiger charge is 2.09. The second-order valence-electron chi connectivity index (χ2n) is 6.43. The summed E-state index contributed by atoms with van der Waals surface area (Å²) in [5, 5.41) is 1.18. The van der Waals surface area contributed by atoms with Gasteiger partial charge in [0.1, 0.15) is 0 Å². The average Bonchev–Trinajstić information content (AvgIpc) is 2.68. The third kappa shape index (κ3) is 2.94. The largest absolute Gasteiger partial charge is 0.248 e. The molecule has 1 aromatic heterocycles. The summed E-state index contributed by atoms with van der Waals surface area (Å²) in [7, 11) is 0. The first kappa shape index (κ1) is 15.6. The molecule has 0 aliphatic rings. The van der Waals surface area contributed by atoms with Crippen molar-refractivity contribution >= 4 is 10.9 Å². The summed E-state index contributed by atoms with van der Waals surface area (Å²) in [4.78, 5) is 4.85. The molecule has 0 saturated carbocycles. The SMILES string of the molecule is CCc1ccccc1-c1cc(-c2ccc3ccccc3n2)ccc1C. The number of nitrogens with zero attached hydrogens (tertiary/aromatic N) is 1. The van der Waals surface area contributed by atoms with Crippen LogP contribution in [0.3, 0.4) is 0 Å². The van der Waals surface area contributed by atoms with Crippen molar-refractivity contribution in [1.82, 2.24) is 4.98 Å². The molecule has 0 aliphatic heterocycles. The van der Waals surface area contributed by atoms with E-state index in [1.807, 2.05) is 6.07 Å². The van der Waals surface area contributed by atoms with Crippen LogP contribution >= 0.6 is 0 Å². The lowest BCUT2D eigenvalue weighted by molar-refractivity contribution is 1.14. The lowest BCUT2D eigenvalue weighted by Crippen LogP contribution is -1.92. The molecule has 1 nitrogen and oxygen atoms in total. The van der Waals surface area contributed by atoms with Gasteiger partial charge >= 0.3 is 0 Å². The van der Waals surface area contributed by atoms with E-state index in [1.165, 1.54) is 27.6 Å². The maximum Gasteiger partial charge on any atom is 0.0709 e. The van der Waals surface area contributed by atoms with E-state index in [-0.39, 0.29) is 0 Å². The zero-order valence-corrected chi connectivity index (χ0v) is 14.7. The Kier molecular flexibility index (Phi) is 4.07. The van der Waals surface area contributed by atoms with Gasteiger partial charge in [0, 0.05) is 10.9 Å². The van der Waals surface area contributed by atoms with Crippen molar-refractivity contribution in [3.8, 4) is 22.4 Å². The van der Waals surface area contributed by atoms with Crippen LogP contribution in [0.2, 0.25) is 0 Å². The molecule has 4 aromatic rings. The van der Waals surface area contributed by atoms with Gasteiger partial charge < -0.3 is 0 Å². The van der Waals surface area contributed by atoms with Gasteiger partial charge in [0.15, 0.2) is 0 Å². The van der Waals surface area contributed by atoms with Crippen molar-refractivity contribution in [1.29, 1.82) is 0 Å². The fourth-order valence-electron chi connectivity index (χ4n) is 3.39. The molecule has 0 N–H and O–H groups in total. The van der Waals surface area contributed by atoms with Crippen LogP contribution in [0.4, 0.5) is 0 Å². The molecular weight excluding hydrogens is 302 g/mol. The fourth-order valence-corrected chi connectivity index (χ4v) is 3.39. The Morgan fingerprint density at radius 3 is 2.44 bits per heavy atom. The predicted molar refractivity (Wildman–Crippen MR) is 107 cm³/mol. The summed E-state index contributed by atoms with van der Waals surface area (Å²) < 4.78 is 0. The molecule has 1 heterocycles. The molecule has 0 fully saturated rings. The van der Waals surface area contributed by atoms with Crippen LogP contribution in [0, 0.1) is 6.92 Å². The highest BCUT2D eigenvalue weighted by atomic mass is 14.7. The van der Waals surface area contributed by atoms with Crippen molar-refractivity contribution in [2.75, 3.05) is 0 Å². The Balaban J connectivity index is 1.86. The van der Waals surface area contributed by atoms with E-state index < -0.39 is 0 Å². The smallest absolute Gasteiger partial charge is 0.0709 e. The molecule has 1 heteroatoms. The van der Waals surface area contributed by atoms with Gasteiger partial charge in [0.2, 0.25) is 0 Å². The Labute approximate surface area is 149 Å². The van der Waals surface area contributed by atoms with Crippen molar-refractivity contribution in [3.05, 3.63) is 90.0 Å². The van der Waals surface area contributed by atoms with E-state index in [4.69, 9.17) is 4.98 Å². The summed E-state index contributed by atoms with van der Waals surface area (Å²) in [5.74, 6) is 0. The minimum absolute atomic E-state index is 1.02. The summed E-state index contributed by atoms with van der Waals surface area (Å²) in [6.45, 7) is 4.39. The van der Waals surface area contributed by atoms with Crippen molar-refractivity contribution < 1.29 is 0 Å². The second-order valence-corrected chi connectivity index (χ2v) is 6.43. The van der Waals surface area contributed by atoms with Gasteiger partial charge in [-0.1, -0.05) is 67.6 Å². The number of fused-ring (bicyclic) bond motifs is 1. The van der Waals surface area contributed by atoms with Gasteiger partial charge in [0.05, 0.1) is 11.2 Å². The Morgan fingerprint density at radius 1 is 0.760 bits per heavy atom. The van der Waals surface area contributed by atoms with Gasteiger partial charge in [-0.25, -0.2) is 4.98 Å². The molecule has 0 unspecified atom stereocenters. The lowest BCUT2D eigenvalue weighted by Gasteiger charge is -2.13. The zero-order chi connectivity index (χ0) is 17.2. The average molecular weight is 323 g/mol. The number of aryl methyl sites for hydroxylation is 2. The zero-order valence-electron chi connectivity index (χ0n) is 14.7. The second kappa shape index (κ2) is 6.52. The van der Waals surface area contributed by atoms with Crippen LogP contribution in [-0.2, 0) is 6.42 Å². The molecule has 122 valence electrons. The van der Waals surface area contributed by atoms with Crippen molar-refractivity contribution in [3.63, 3.8) is 0 Å². The molecule has 0 aliphatic carbocycles. The molecule has 25 heavy (non-hydrogen) atoms. The molecular formula is C24H21N. The minimum atomic E-state index is 1.02. The highest BCUT2D eigenvalue weighted by Crippen LogP contribution is 2.31. The van der Waals surface area contributed by atoms with Crippen molar-refractivity contribution in [2.24, 2.45) is 0 Å². The Morgan fingerprint density at radius 2 is 1.56 bits per heavy atom. The fraction of sp³-hybridized carbons (Fsp3) is 0.125. The van der Waals surface area contributed by atoms with Crippen LogP contribution in [0.1, 0.15) is 18.1 Å². The lowest BCUT2D eigenvalue weighted by atomic mass is 9.92. The van der Waals surface area contributed by atoms with Crippen LogP contribution in [0.5, 0.6) is 0 Å². The van der Waals surface area contributed by atoms with E-state index in [0.717, 1.165) is 23.2 Å². The highest BCUT2D eigenvalue weighted by molar-refractivity contribution is 5.83. The van der Waals surface area contributed by atoms with Gasteiger partial charge in [-0.15, -0.1) is 0 Å². The first-order valence-electron chi connectivity index (χ1n) is 8.81. The molecule has 0 bridgehead atoms. The van der Waals surface area contributed by atoms with E-state index >= 15 is 0 Å². The molecule has 0 amide bonds. The standard InChI is InChI=1S/C24H21N/c1-3-18-8-4-6-10-21(18)22-16-20(13-12-17(22)2)24-15-14-19-9-5-7-11-23(19)25-24/h4-16H,3H2,1-2H3. The van der Waals surface area contributed by atoms with Crippen LogP contribution in [-0.4, -0.2) is 4.98 Å². The summed E-state index contributed by atoms with van der Waals surface area (Å²) >= 11 is 0. The first-order valence-corrected chi connectivity index (χ1v) is 8.81. The van der Waals surface area contributed by atoms with E-state index in [2.05, 4.69) is 86.6 Å². The number of hydrogen-bond donors (Lipinski definition) is 0. The van der Waals surface area contributed by atoms with E-state index in [0.29, 0.717) is 0 Å². The summed E-state index contributed by atoms with van der Waals surface area (Å²) in [5.41, 5.74) is 8.52. The van der Waals surface area contributed by atoms with E-state index in [9.17, 15) is 0 Å². The maximum absolute atomic E-state index is 4.85. The molecule has 0 spiro atoms. The molecule has 4 rings (SSSR count). The number of rotatable bonds is 3. The third-order valence-electron chi connectivity index (χ3n) is 4.82. The topological polar surface area (TPSA) is 12.9 Å². The number of benzene rings is 3. The quantitative estimate of drug-likeness (QED) is 0.423. The van der Waals surface area contributed by atoms with Gasteiger partial charge in [-0.3, -0.25) is 0 Å². The molecule has 0 atom stereocenters. The monoisotopic (exact) mass is 323 g/mol. The van der Waals surface area contributed by atoms with E-state index in [1.54, 1.807) is 0 Å². The Hall–Kier alpha value is -2.93. The van der Waals surface area contributed by atoms with Gasteiger partial charge in [0.25, 0.3) is 0 Å². The van der Waals surface area contributed by atoms with Crippen LogP contribution in [0.15, 0.2) is 78.9 Å². The molecule has 0 saturated heterocycles. The number of para-hydroxylation sites is 1. The first-order chi connectivity index (χ1) is 12.3. The normalized spacial score (nSPS) is 11.0. The van der Waals surface area contributed by atoms with Gasteiger partial charge in [-0.2, -0.15) is 0 Å². The predicted octanol–water partition coefficient (Wildman–Crippen LogP) is 6.44. The maximum atomic E-state index is 4.85. The third-order valence-corrected chi connectivity index (χ3v) is 4.82. The van der Waals surface area contributed by atoms with Crippen LogP contribution < -0.4 is 0 Å². The summed E-state index contributed by atoms with van der Waals surface area (Å²) in [6, 6.07) is 27.9. The Bertz CT molecular complexity index is 1050. The van der Waals surface area contributed by atoms with Gasteiger partial charge in [-0.05, 0) is 53.8 Å². The van der Waals surface area contributed by atoms with Crippen LogP contribution in [0.25, 0.3) is 33.3 Å². The number of pyridine rings is 1. The number of aromatic nitrogens is 1.